The molecular formula is C17H21N3O4. The van der Waals surface area contributed by atoms with Crippen molar-refractivity contribution in [1.82, 2.24) is 10.3 Å². The Morgan fingerprint density at radius 2 is 2.00 bits per heavy atom. The number of nitrogens with zero attached hydrogens (tertiary/aromatic N) is 1. The highest BCUT2D eigenvalue weighted by Gasteiger charge is 2.21. The van der Waals surface area contributed by atoms with Gasteiger partial charge in [0.25, 0.3) is 0 Å². The molecule has 2 rings (SSSR count). The second-order valence-corrected chi connectivity index (χ2v) is 6.12. The molecule has 0 saturated heterocycles. The molecule has 0 aliphatic heterocycles. The molecule has 2 amide bonds. The normalized spacial score (nSPS) is 11.1. The number of anilines is 1. The zero-order chi connectivity index (χ0) is 17.7. The quantitative estimate of drug-likeness (QED) is 0.755. The Morgan fingerprint density at radius 3 is 2.67 bits per heavy atom. The second-order valence-electron chi connectivity index (χ2n) is 6.12. The van der Waals surface area contributed by atoms with E-state index in [1.165, 1.54) is 0 Å². The second kappa shape index (κ2) is 7.16. The van der Waals surface area contributed by atoms with Gasteiger partial charge in [0.15, 0.2) is 0 Å². The number of aromatic nitrogens is 1. The highest BCUT2D eigenvalue weighted by atomic mass is 16.5. The van der Waals surface area contributed by atoms with E-state index in [9.17, 15) is 9.59 Å². The molecule has 0 fully saturated rings. The Hall–Kier alpha value is -2.83. The van der Waals surface area contributed by atoms with E-state index >= 15 is 0 Å². The largest absolute Gasteiger partial charge is 0.481 e. The van der Waals surface area contributed by atoms with Crippen molar-refractivity contribution in [2.24, 2.45) is 0 Å². The smallest absolute Gasteiger partial charge is 0.319 e. The zero-order valence-corrected chi connectivity index (χ0v) is 13.9. The number of carboxylic acids is 1. The monoisotopic (exact) mass is 331 g/mol. The first-order chi connectivity index (χ1) is 11.3. The van der Waals surface area contributed by atoms with Crippen molar-refractivity contribution in [2.75, 3.05) is 12.4 Å². The predicted octanol–water partition coefficient (Wildman–Crippen LogP) is 3.01. The van der Waals surface area contributed by atoms with Gasteiger partial charge < -0.3 is 20.5 Å². The highest BCUT2D eigenvalue weighted by Crippen LogP contribution is 2.20. The summed E-state index contributed by atoms with van der Waals surface area (Å²) in [5, 5.41) is 15.1. The maximum atomic E-state index is 12.1. The number of carboxylic acid groups (broad SMARTS) is 1. The van der Waals surface area contributed by atoms with Crippen molar-refractivity contribution < 1.29 is 19.4 Å². The van der Waals surface area contributed by atoms with E-state index in [1.807, 2.05) is 12.1 Å². The molecule has 0 bridgehead atoms. The molecule has 24 heavy (non-hydrogen) atoms. The standard InChI is InChI=1S/C17H21N3O4/c1-17(2,9-8-15(21)22)20-16(23)18-12-5-6-13-11(10-12)4-7-14(19-13)24-3/h4-7,10H,8-9H2,1-3H3,(H,21,22)(H2,18,20,23). The van der Waals surface area contributed by atoms with E-state index in [0.29, 0.717) is 18.0 Å². The molecule has 0 saturated carbocycles. The first kappa shape index (κ1) is 17.5. The van der Waals surface area contributed by atoms with E-state index in [1.54, 1.807) is 39.2 Å². The summed E-state index contributed by atoms with van der Waals surface area (Å²) in [6, 6.07) is 8.58. The Bertz CT molecular complexity index is 759. The van der Waals surface area contributed by atoms with Gasteiger partial charge in [-0.05, 0) is 44.5 Å². The van der Waals surface area contributed by atoms with Crippen molar-refractivity contribution >= 4 is 28.6 Å². The summed E-state index contributed by atoms with van der Waals surface area (Å²) < 4.78 is 5.08. The van der Waals surface area contributed by atoms with Gasteiger partial charge >= 0.3 is 12.0 Å². The number of urea groups is 1. The number of rotatable bonds is 6. The zero-order valence-electron chi connectivity index (χ0n) is 13.9. The van der Waals surface area contributed by atoms with Crippen LogP contribution in [0.4, 0.5) is 10.5 Å². The van der Waals surface area contributed by atoms with Crippen LogP contribution in [0.5, 0.6) is 5.88 Å². The fourth-order valence-corrected chi connectivity index (χ4v) is 2.25. The fourth-order valence-electron chi connectivity index (χ4n) is 2.25. The van der Waals surface area contributed by atoms with Gasteiger partial charge in [0.1, 0.15) is 0 Å². The Labute approximate surface area is 140 Å². The van der Waals surface area contributed by atoms with Gasteiger partial charge in [0.2, 0.25) is 5.88 Å². The third-order valence-electron chi connectivity index (χ3n) is 3.55. The summed E-state index contributed by atoms with van der Waals surface area (Å²) in [4.78, 5) is 27.1. The van der Waals surface area contributed by atoms with Gasteiger partial charge in [0.05, 0.1) is 12.6 Å². The summed E-state index contributed by atoms with van der Waals surface area (Å²) in [5.41, 5.74) is 0.775. The third kappa shape index (κ3) is 4.84. The maximum Gasteiger partial charge on any atom is 0.319 e. The van der Waals surface area contributed by atoms with Crippen molar-refractivity contribution in [2.45, 2.75) is 32.2 Å². The number of amides is 2. The molecule has 7 heteroatoms. The number of fused-ring (bicyclic) bond motifs is 1. The lowest BCUT2D eigenvalue weighted by Crippen LogP contribution is -2.45. The first-order valence-electron chi connectivity index (χ1n) is 7.55. The summed E-state index contributed by atoms with van der Waals surface area (Å²) in [6.45, 7) is 3.57. The number of aliphatic carboxylic acids is 1. The average Bonchev–Trinajstić information content (AvgIpc) is 2.52. The van der Waals surface area contributed by atoms with E-state index in [4.69, 9.17) is 9.84 Å². The molecular weight excluding hydrogens is 310 g/mol. The SMILES string of the molecule is COc1ccc2cc(NC(=O)NC(C)(C)CCC(=O)O)ccc2n1. The van der Waals surface area contributed by atoms with Gasteiger partial charge in [-0.1, -0.05) is 0 Å². The summed E-state index contributed by atoms with van der Waals surface area (Å²) in [7, 11) is 1.56. The lowest BCUT2D eigenvalue weighted by atomic mass is 9.99. The van der Waals surface area contributed by atoms with Crippen LogP contribution in [0.25, 0.3) is 10.9 Å². The van der Waals surface area contributed by atoms with E-state index < -0.39 is 11.5 Å². The predicted molar refractivity (Wildman–Crippen MR) is 91.4 cm³/mol. The van der Waals surface area contributed by atoms with E-state index in [2.05, 4.69) is 15.6 Å². The van der Waals surface area contributed by atoms with Crippen LogP contribution in [0.1, 0.15) is 26.7 Å². The van der Waals surface area contributed by atoms with Crippen LogP contribution in [0.3, 0.4) is 0 Å². The lowest BCUT2D eigenvalue weighted by Gasteiger charge is -2.25. The molecule has 1 aromatic carbocycles. The number of pyridine rings is 1. The molecule has 128 valence electrons. The van der Waals surface area contributed by atoms with Crippen molar-refractivity contribution in [3.63, 3.8) is 0 Å². The lowest BCUT2D eigenvalue weighted by molar-refractivity contribution is -0.137. The minimum atomic E-state index is -0.886. The van der Waals surface area contributed by atoms with Gasteiger partial charge in [0, 0.05) is 29.1 Å². The van der Waals surface area contributed by atoms with Crippen LogP contribution in [-0.4, -0.2) is 34.7 Å². The molecule has 3 N–H and O–H groups in total. The van der Waals surface area contributed by atoms with Crippen LogP contribution in [0, 0.1) is 0 Å². The van der Waals surface area contributed by atoms with Crippen molar-refractivity contribution in [3.8, 4) is 5.88 Å². The number of carbonyl (C=O) groups is 2. The van der Waals surface area contributed by atoms with E-state index in [-0.39, 0.29) is 12.5 Å². The van der Waals surface area contributed by atoms with Gasteiger partial charge in [-0.3, -0.25) is 4.79 Å². The van der Waals surface area contributed by atoms with Gasteiger partial charge in [-0.2, -0.15) is 0 Å². The number of hydrogen-bond donors (Lipinski definition) is 3. The number of carbonyl (C=O) groups excluding carboxylic acids is 1. The van der Waals surface area contributed by atoms with Crippen LogP contribution < -0.4 is 15.4 Å². The third-order valence-corrected chi connectivity index (χ3v) is 3.55. The number of methoxy groups -OCH3 is 1. The van der Waals surface area contributed by atoms with Crippen LogP contribution in [-0.2, 0) is 4.79 Å². The highest BCUT2D eigenvalue weighted by molar-refractivity contribution is 5.93. The molecule has 7 nitrogen and oxygen atoms in total. The number of ether oxygens (including phenoxy) is 1. The maximum absolute atomic E-state index is 12.1. The fraction of sp³-hybridized carbons (Fsp3) is 0.353. The number of hydrogen-bond acceptors (Lipinski definition) is 4. The molecule has 0 atom stereocenters. The Balaban J connectivity index is 2.03. The molecule has 0 unspecified atom stereocenters. The van der Waals surface area contributed by atoms with Gasteiger partial charge in [-0.25, -0.2) is 9.78 Å². The van der Waals surface area contributed by atoms with Gasteiger partial charge in [-0.15, -0.1) is 0 Å². The van der Waals surface area contributed by atoms with E-state index in [0.717, 1.165) is 10.9 Å². The number of nitrogens with one attached hydrogen (secondary N) is 2. The molecule has 2 aromatic rings. The van der Waals surface area contributed by atoms with Crippen molar-refractivity contribution in [3.05, 3.63) is 30.3 Å². The van der Waals surface area contributed by atoms with Crippen molar-refractivity contribution in [1.29, 1.82) is 0 Å². The molecule has 1 aromatic heterocycles. The molecule has 0 radical (unpaired) electrons. The summed E-state index contributed by atoms with van der Waals surface area (Å²) >= 11 is 0. The Kier molecular flexibility index (Phi) is 5.23. The topological polar surface area (TPSA) is 101 Å². The molecule has 0 aliphatic rings. The molecule has 0 spiro atoms. The summed E-state index contributed by atoms with van der Waals surface area (Å²) in [5.74, 6) is -0.358. The van der Waals surface area contributed by atoms with Crippen LogP contribution in [0.2, 0.25) is 0 Å². The first-order valence-corrected chi connectivity index (χ1v) is 7.55. The number of benzene rings is 1. The van der Waals surface area contributed by atoms with Crippen LogP contribution >= 0.6 is 0 Å². The molecule has 1 heterocycles. The molecule has 0 aliphatic carbocycles. The minimum Gasteiger partial charge on any atom is -0.481 e. The van der Waals surface area contributed by atoms with Crippen LogP contribution in [0.15, 0.2) is 30.3 Å². The Morgan fingerprint density at radius 1 is 1.25 bits per heavy atom. The average molecular weight is 331 g/mol. The summed E-state index contributed by atoms with van der Waals surface area (Å²) in [6.07, 6.45) is 0.341. The minimum absolute atomic E-state index is 0.00322.